The summed E-state index contributed by atoms with van der Waals surface area (Å²) in [4.78, 5) is 17.7. The Labute approximate surface area is 95.9 Å². The number of hydrogen-bond donors (Lipinski definition) is 1. The van der Waals surface area contributed by atoms with Crippen LogP contribution in [0.25, 0.3) is 0 Å². The van der Waals surface area contributed by atoms with E-state index in [0.717, 1.165) is 5.69 Å². The first kappa shape index (κ1) is 12.6. The van der Waals surface area contributed by atoms with Gasteiger partial charge < -0.3 is 10.0 Å². The highest BCUT2D eigenvalue weighted by Gasteiger charge is 2.11. The summed E-state index contributed by atoms with van der Waals surface area (Å²) in [5, 5.41) is 8.68. The van der Waals surface area contributed by atoms with Crippen LogP contribution in [-0.2, 0) is 11.3 Å². The first-order valence-corrected chi connectivity index (χ1v) is 5.56. The molecule has 4 heteroatoms. The third-order valence-corrected chi connectivity index (χ3v) is 2.36. The van der Waals surface area contributed by atoms with Crippen LogP contribution in [0.4, 0.5) is 0 Å². The number of aliphatic hydroxyl groups excluding tert-OH is 1. The highest BCUT2D eigenvalue weighted by atomic mass is 16.3. The molecule has 0 aliphatic carbocycles. The second kappa shape index (κ2) is 6.95. The van der Waals surface area contributed by atoms with Crippen molar-refractivity contribution in [3.8, 4) is 0 Å². The van der Waals surface area contributed by atoms with Gasteiger partial charge in [-0.3, -0.25) is 9.78 Å². The van der Waals surface area contributed by atoms with Gasteiger partial charge in [-0.1, -0.05) is 6.07 Å². The molecule has 1 heterocycles. The molecule has 1 aromatic heterocycles. The lowest BCUT2D eigenvalue weighted by atomic mass is 10.2. The molecule has 1 rings (SSSR count). The number of aromatic nitrogens is 1. The number of aliphatic hydroxyl groups is 1. The van der Waals surface area contributed by atoms with Crippen molar-refractivity contribution in [2.45, 2.75) is 26.3 Å². The second-order valence-electron chi connectivity index (χ2n) is 3.56. The first-order valence-electron chi connectivity index (χ1n) is 5.56. The Bertz CT molecular complexity index is 314. The largest absolute Gasteiger partial charge is 0.396 e. The van der Waals surface area contributed by atoms with Crippen molar-refractivity contribution in [2.75, 3.05) is 13.2 Å². The van der Waals surface area contributed by atoms with Gasteiger partial charge in [-0.15, -0.1) is 0 Å². The fourth-order valence-corrected chi connectivity index (χ4v) is 1.45. The van der Waals surface area contributed by atoms with E-state index in [1.807, 2.05) is 25.1 Å². The van der Waals surface area contributed by atoms with Crippen molar-refractivity contribution in [2.24, 2.45) is 0 Å². The van der Waals surface area contributed by atoms with Gasteiger partial charge in [-0.2, -0.15) is 0 Å². The van der Waals surface area contributed by atoms with Crippen molar-refractivity contribution in [3.63, 3.8) is 0 Å². The maximum Gasteiger partial charge on any atom is 0.222 e. The van der Waals surface area contributed by atoms with E-state index in [1.54, 1.807) is 11.1 Å². The molecule has 0 spiro atoms. The lowest BCUT2D eigenvalue weighted by Crippen LogP contribution is -2.30. The van der Waals surface area contributed by atoms with Gasteiger partial charge in [-0.05, 0) is 25.5 Å². The molecule has 0 aliphatic rings. The normalized spacial score (nSPS) is 10.1. The second-order valence-corrected chi connectivity index (χ2v) is 3.56. The Hall–Kier alpha value is -1.42. The van der Waals surface area contributed by atoms with Crippen LogP contribution < -0.4 is 0 Å². The van der Waals surface area contributed by atoms with Gasteiger partial charge in [0.05, 0.1) is 12.2 Å². The van der Waals surface area contributed by atoms with Crippen LogP contribution in [0.15, 0.2) is 24.4 Å². The molecule has 1 N–H and O–H groups in total. The maximum absolute atomic E-state index is 11.7. The third-order valence-electron chi connectivity index (χ3n) is 2.36. The number of carbonyl (C=O) groups excluding carboxylic acids is 1. The van der Waals surface area contributed by atoms with Crippen LogP contribution in [0.3, 0.4) is 0 Å². The van der Waals surface area contributed by atoms with E-state index in [-0.39, 0.29) is 12.5 Å². The minimum Gasteiger partial charge on any atom is -0.396 e. The van der Waals surface area contributed by atoms with Crippen LogP contribution >= 0.6 is 0 Å². The van der Waals surface area contributed by atoms with Gasteiger partial charge in [0.2, 0.25) is 5.91 Å². The summed E-state index contributed by atoms with van der Waals surface area (Å²) in [6, 6.07) is 5.67. The molecule has 0 unspecified atom stereocenters. The molecular weight excluding hydrogens is 204 g/mol. The third kappa shape index (κ3) is 3.98. The molecule has 1 aromatic rings. The zero-order chi connectivity index (χ0) is 11.8. The molecule has 0 aliphatic heterocycles. The molecule has 0 aromatic carbocycles. The van der Waals surface area contributed by atoms with Crippen molar-refractivity contribution in [3.05, 3.63) is 30.1 Å². The van der Waals surface area contributed by atoms with E-state index < -0.39 is 0 Å². The summed E-state index contributed by atoms with van der Waals surface area (Å²) < 4.78 is 0. The summed E-state index contributed by atoms with van der Waals surface area (Å²) >= 11 is 0. The van der Waals surface area contributed by atoms with Gasteiger partial charge in [0.15, 0.2) is 0 Å². The number of nitrogens with zero attached hydrogens (tertiary/aromatic N) is 2. The van der Waals surface area contributed by atoms with Gasteiger partial charge in [-0.25, -0.2) is 0 Å². The number of pyridine rings is 1. The molecule has 0 saturated carbocycles. The van der Waals surface area contributed by atoms with E-state index >= 15 is 0 Å². The van der Waals surface area contributed by atoms with Gasteiger partial charge in [0, 0.05) is 25.8 Å². The molecule has 0 radical (unpaired) electrons. The summed E-state index contributed by atoms with van der Waals surface area (Å²) in [5.41, 5.74) is 0.890. The average molecular weight is 222 g/mol. The smallest absolute Gasteiger partial charge is 0.222 e. The summed E-state index contributed by atoms with van der Waals surface area (Å²) in [6.07, 6.45) is 2.65. The van der Waals surface area contributed by atoms with E-state index in [0.29, 0.717) is 25.9 Å². The SMILES string of the molecule is CCN(Cc1ccccn1)C(=O)CCCO. The fraction of sp³-hybridized carbons (Fsp3) is 0.500. The van der Waals surface area contributed by atoms with E-state index in [1.165, 1.54) is 0 Å². The molecule has 4 nitrogen and oxygen atoms in total. The fourth-order valence-electron chi connectivity index (χ4n) is 1.45. The Balaban J connectivity index is 2.52. The zero-order valence-corrected chi connectivity index (χ0v) is 9.59. The van der Waals surface area contributed by atoms with Crippen molar-refractivity contribution >= 4 is 5.91 Å². The topological polar surface area (TPSA) is 53.4 Å². The molecule has 0 atom stereocenters. The van der Waals surface area contributed by atoms with Crippen molar-refractivity contribution in [1.29, 1.82) is 0 Å². The average Bonchev–Trinajstić information content (AvgIpc) is 2.34. The van der Waals surface area contributed by atoms with Crippen molar-refractivity contribution < 1.29 is 9.90 Å². The minimum absolute atomic E-state index is 0.0624. The van der Waals surface area contributed by atoms with Crippen LogP contribution in [-0.4, -0.2) is 34.0 Å². The van der Waals surface area contributed by atoms with E-state index in [4.69, 9.17) is 5.11 Å². The van der Waals surface area contributed by atoms with Gasteiger partial charge in [0.1, 0.15) is 0 Å². The summed E-state index contributed by atoms with van der Waals surface area (Å²) in [5.74, 6) is 0.0715. The molecule has 88 valence electrons. The first-order chi connectivity index (χ1) is 7.77. The monoisotopic (exact) mass is 222 g/mol. The highest BCUT2D eigenvalue weighted by molar-refractivity contribution is 5.76. The Morgan fingerprint density at radius 3 is 2.88 bits per heavy atom. The Kier molecular flexibility index (Phi) is 5.50. The summed E-state index contributed by atoms with van der Waals surface area (Å²) in [7, 11) is 0. The predicted octanol–water partition coefficient (Wildman–Crippen LogP) is 1.20. The quantitative estimate of drug-likeness (QED) is 0.787. The van der Waals surface area contributed by atoms with E-state index in [9.17, 15) is 4.79 Å². The van der Waals surface area contributed by atoms with E-state index in [2.05, 4.69) is 4.98 Å². The standard InChI is InChI=1S/C12H18N2O2/c1-2-14(12(16)7-5-9-15)10-11-6-3-4-8-13-11/h3-4,6,8,15H,2,5,7,9-10H2,1H3. The maximum atomic E-state index is 11.7. The molecule has 0 bridgehead atoms. The van der Waals surface area contributed by atoms with Crippen LogP contribution in [0.2, 0.25) is 0 Å². The molecular formula is C12H18N2O2. The van der Waals surface area contributed by atoms with Crippen LogP contribution in [0.1, 0.15) is 25.5 Å². The number of rotatable bonds is 6. The molecule has 0 fully saturated rings. The Morgan fingerprint density at radius 2 is 2.31 bits per heavy atom. The predicted molar refractivity (Wildman–Crippen MR) is 61.6 cm³/mol. The molecule has 1 amide bonds. The molecule has 16 heavy (non-hydrogen) atoms. The van der Waals surface area contributed by atoms with Crippen molar-refractivity contribution in [1.82, 2.24) is 9.88 Å². The number of hydrogen-bond acceptors (Lipinski definition) is 3. The summed E-state index contributed by atoms with van der Waals surface area (Å²) in [6.45, 7) is 3.22. The van der Waals surface area contributed by atoms with Crippen LogP contribution in [0.5, 0.6) is 0 Å². The molecule has 0 saturated heterocycles. The minimum atomic E-state index is 0.0624. The van der Waals surface area contributed by atoms with Gasteiger partial charge >= 0.3 is 0 Å². The van der Waals surface area contributed by atoms with Crippen LogP contribution in [0, 0.1) is 0 Å². The lowest BCUT2D eigenvalue weighted by molar-refractivity contribution is -0.131. The lowest BCUT2D eigenvalue weighted by Gasteiger charge is -2.20. The Morgan fingerprint density at radius 1 is 1.50 bits per heavy atom. The zero-order valence-electron chi connectivity index (χ0n) is 9.59. The number of carbonyl (C=O) groups is 1. The number of amides is 1. The highest BCUT2D eigenvalue weighted by Crippen LogP contribution is 2.04. The van der Waals surface area contributed by atoms with Gasteiger partial charge in [0.25, 0.3) is 0 Å².